The molecule has 100 valence electrons. The topological polar surface area (TPSA) is 52.6 Å². The van der Waals surface area contributed by atoms with Gasteiger partial charge in [0.1, 0.15) is 6.10 Å². The predicted octanol–water partition coefficient (Wildman–Crippen LogP) is 1.48. The molecule has 18 heavy (non-hydrogen) atoms. The van der Waals surface area contributed by atoms with Crippen molar-refractivity contribution in [3.05, 3.63) is 0 Å². The van der Waals surface area contributed by atoms with Gasteiger partial charge in [0.05, 0.1) is 12.5 Å². The molecule has 1 saturated heterocycles. The van der Waals surface area contributed by atoms with Crippen molar-refractivity contribution in [2.75, 3.05) is 6.61 Å². The van der Waals surface area contributed by atoms with E-state index in [0.29, 0.717) is 11.8 Å². The Kier molecular flexibility index (Phi) is 2.44. The van der Waals surface area contributed by atoms with Crippen LogP contribution in [0.3, 0.4) is 0 Å². The highest BCUT2D eigenvalue weighted by atomic mass is 19.1. The minimum Gasteiger partial charge on any atom is -0.463 e. The van der Waals surface area contributed by atoms with Crippen LogP contribution in [0.25, 0.3) is 0 Å². The summed E-state index contributed by atoms with van der Waals surface area (Å²) >= 11 is 0. The summed E-state index contributed by atoms with van der Waals surface area (Å²) in [6.07, 6.45) is 1.69. The molecule has 3 rings (SSSR count). The lowest BCUT2D eigenvalue weighted by molar-refractivity contribution is -0.159. The molecule has 2 aliphatic carbocycles. The van der Waals surface area contributed by atoms with Gasteiger partial charge in [-0.1, -0.05) is 0 Å². The van der Waals surface area contributed by atoms with Gasteiger partial charge in [0.15, 0.2) is 0 Å². The van der Waals surface area contributed by atoms with Gasteiger partial charge in [-0.15, -0.1) is 0 Å². The molecule has 0 radical (unpaired) electrons. The summed E-state index contributed by atoms with van der Waals surface area (Å²) in [4.78, 5) is 22.9. The van der Waals surface area contributed by atoms with Crippen molar-refractivity contribution in [2.45, 2.75) is 38.5 Å². The van der Waals surface area contributed by atoms with Crippen molar-refractivity contribution in [2.24, 2.45) is 23.7 Å². The Morgan fingerprint density at radius 1 is 1.50 bits per heavy atom. The number of rotatable bonds is 3. The van der Waals surface area contributed by atoms with Crippen LogP contribution in [-0.2, 0) is 19.1 Å². The maximum atomic E-state index is 13.3. The second-order valence-electron chi connectivity index (χ2n) is 6.14. The number of carbonyl (C=O) groups is 2. The average molecular weight is 256 g/mol. The van der Waals surface area contributed by atoms with Crippen LogP contribution >= 0.6 is 0 Å². The zero-order valence-corrected chi connectivity index (χ0v) is 10.5. The van der Waals surface area contributed by atoms with Crippen molar-refractivity contribution >= 4 is 11.9 Å². The molecule has 0 N–H and O–H groups in total. The van der Waals surface area contributed by atoms with E-state index in [0.717, 1.165) is 12.8 Å². The molecule has 0 amide bonds. The van der Waals surface area contributed by atoms with Gasteiger partial charge >= 0.3 is 11.9 Å². The van der Waals surface area contributed by atoms with Gasteiger partial charge in [-0.05, 0) is 32.6 Å². The number of fused-ring (bicyclic) bond motifs is 1. The van der Waals surface area contributed by atoms with Gasteiger partial charge < -0.3 is 9.47 Å². The summed E-state index contributed by atoms with van der Waals surface area (Å²) < 4.78 is 23.7. The molecule has 0 aromatic carbocycles. The molecule has 5 atom stereocenters. The maximum absolute atomic E-state index is 13.3. The van der Waals surface area contributed by atoms with Gasteiger partial charge in [-0.2, -0.15) is 0 Å². The first-order valence-corrected chi connectivity index (χ1v) is 6.44. The number of ether oxygens (including phenoxy) is 2. The lowest BCUT2D eigenvalue weighted by atomic mass is 9.83. The monoisotopic (exact) mass is 256 g/mol. The van der Waals surface area contributed by atoms with Crippen molar-refractivity contribution < 1.29 is 23.5 Å². The Morgan fingerprint density at radius 3 is 2.89 bits per heavy atom. The Labute approximate surface area is 105 Å². The van der Waals surface area contributed by atoms with E-state index in [9.17, 15) is 14.0 Å². The summed E-state index contributed by atoms with van der Waals surface area (Å²) in [6, 6.07) is 0. The molecule has 0 spiro atoms. The molecule has 1 heterocycles. The summed E-state index contributed by atoms with van der Waals surface area (Å²) in [5.41, 5.74) is -1.97. The van der Waals surface area contributed by atoms with Crippen LogP contribution in [0.4, 0.5) is 4.39 Å². The Hall–Kier alpha value is -1.13. The number of esters is 2. The normalized spacial score (nSPS) is 41.1. The van der Waals surface area contributed by atoms with E-state index in [1.54, 1.807) is 0 Å². The van der Waals surface area contributed by atoms with E-state index in [4.69, 9.17) is 9.47 Å². The van der Waals surface area contributed by atoms with Crippen molar-refractivity contribution in [3.63, 3.8) is 0 Å². The molecule has 2 bridgehead atoms. The highest BCUT2D eigenvalue weighted by molar-refractivity contribution is 5.78. The Bertz CT molecular complexity index is 400. The number of carbonyl (C=O) groups excluding carboxylic acids is 2. The molecular weight excluding hydrogens is 239 g/mol. The van der Waals surface area contributed by atoms with Crippen LogP contribution in [0.2, 0.25) is 0 Å². The minimum atomic E-state index is -1.97. The van der Waals surface area contributed by atoms with Gasteiger partial charge in [0.25, 0.3) is 0 Å². The standard InChI is InChI=1S/C13H17FO4/c1-13(2,14)12(16)17-5-9-6-3-7-8(4-6)11(15)18-10(7)9/h6-10H,3-5H2,1-2H3. The van der Waals surface area contributed by atoms with E-state index < -0.39 is 11.6 Å². The first kappa shape index (κ1) is 11.9. The third-order valence-electron chi connectivity index (χ3n) is 4.55. The molecular formula is C13H17FO4. The molecule has 5 heteroatoms. The van der Waals surface area contributed by atoms with Gasteiger partial charge in [-0.25, -0.2) is 9.18 Å². The van der Waals surface area contributed by atoms with E-state index in [2.05, 4.69) is 0 Å². The van der Waals surface area contributed by atoms with Crippen molar-refractivity contribution in [3.8, 4) is 0 Å². The zero-order chi connectivity index (χ0) is 13.1. The van der Waals surface area contributed by atoms with E-state index in [1.807, 2.05) is 0 Å². The lowest BCUT2D eigenvalue weighted by Gasteiger charge is -2.25. The number of hydrogen-bond donors (Lipinski definition) is 0. The van der Waals surface area contributed by atoms with Crippen LogP contribution < -0.4 is 0 Å². The van der Waals surface area contributed by atoms with E-state index in [-0.39, 0.29) is 30.5 Å². The summed E-state index contributed by atoms with van der Waals surface area (Å²) in [5.74, 6) is -0.150. The molecule has 5 unspecified atom stereocenters. The second-order valence-corrected chi connectivity index (χ2v) is 6.14. The SMILES string of the molecule is CC(C)(F)C(=O)OCC1C2CC3C(=O)OC1C3C2. The predicted molar refractivity (Wildman–Crippen MR) is 59.2 cm³/mol. The van der Waals surface area contributed by atoms with Gasteiger partial charge in [-0.3, -0.25) is 4.79 Å². The third kappa shape index (κ3) is 1.63. The van der Waals surface area contributed by atoms with Gasteiger partial charge in [0, 0.05) is 11.8 Å². The molecule has 3 aliphatic rings. The van der Waals surface area contributed by atoms with Crippen molar-refractivity contribution in [1.82, 2.24) is 0 Å². The quantitative estimate of drug-likeness (QED) is 0.718. The van der Waals surface area contributed by atoms with Crippen LogP contribution in [0.5, 0.6) is 0 Å². The molecule has 0 aromatic heterocycles. The number of halogens is 1. The van der Waals surface area contributed by atoms with Gasteiger partial charge in [0.2, 0.25) is 5.67 Å². The number of hydrogen-bond acceptors (Lipinski definition) is 4. The maximum Gasteiger partial charge on any atom is 0.343 e. The average Bonchev–Trinajstić information content (AvgIpc) is 2.86. The summed E-state index contributed by atoms with van der Waals surface area (Å²) in [6.45, 7) is 2.53. The fourth-order valence-corrected chi connectivity index (χ4v) is 3.65. The summed E-state index contributed by atoms with van der Waals surface area (Å²) in [5, 5.41) is 0. The smallest absolute Gasteiger partial charge is 0.343 e. The van der Waals surface area contributed by atoms with Crippen molar-refractivity contribution in [1.29, 1.82) is 0 Å². The highest BCUT2D eigenvalue weighted by Crippen LogP contribution is 2.57. The van der Waals surface area contributed by atoms with Crippen LogP contribution in [0, 0.1) is 23.7 Å². The lowest BCUT2D eigenvalue weighted by Crippen LogP contribution is -2.35. The summed E-state index contributed by atoms with van der Waals surface area (Å²) in [7, 11) is 0. The minimum absolute atomic E-state index is 0.0593. The fourth-order valence-electron chi connectivity index (χ4n) is 3.65. The van der Waals surface area contributed by atoms with Crippen LogP contribution in [-0.4, -0.2) is 30.3 Å². The molecule has 2 saturated carbocycles. The molecule has 1 aliphatic heterocycles. The van der Waals surface area contributed by atoms with E-state index in [1.165, 1.54) is 13.8 Å². The van der Waals surface area contributed by atoms with Crippen LogP contribution in [0.1, 0.15) is 26.7 Å². The zero-order valence-electron chi connectivity index (χ0n) is 10.5. The van der Waals surface area contributed by atoms with Crippen LogP contribution in [0.15, 0.2) is 0 Å². The number of alkyl halides is 1. The third-order valence-corrected chi connectivity index (χ3v) is 4.55. The highest BCUT2D eigenvalue weighted by Gasteiger charge is 2.61. The fraction of sp³-hybridized carbons (Fsp3) is 0.846. The Balaban J connectivity index is 1.63. The first-order valence-electron chi connectivity index (χ1n) is 6.44. The molecule has 4 nitrogen and oxygen atoms in total. The first-order chi connectivity index (χ1) is 8.38. The largest absolute Gasteiger partial charge is 0.463 e. The van der Waals surface area contributed by atoms with E-state index >= 15 is 0 Å². The molecule has 0 aromatic rings. The Morgan fingerprint density at radius 2 is 2.22 bits per heavy atom. The molecule has 3 fully saturated rings. The second kappa shape index (κ2) is 3.68.